The van der Waals surface area contributed by atoms with E-state index in [4.69, 9.17) is 11.0 Å². The molecule has 2 N–H and O–H groups in total. The number of thiazole rings is 1. The first-order chi connectivity index (χ1) is 4.74. The molecule has 0 bridgehead atoms. The van der Waals surface area contributed by atoms with Gasteiger partial charge in [0.1, 0.15) is 6.04 Å². The largest absolute Gasteiger partial charge is 0.311 e. The molecule has 0 aromatic carbocycles. The quantitative estimate of drug-likeness (QED) is 0.654. The summed E-state index contributed by atoms with van der Waals surface area (Å²) in [5.74, 6) is 0. The Morgan fingerprint density at radius 2 is 2.60 bits per heavy atom. The second-order valence-corrected chi connectivity index (χ2v) is 2.96. The van der Waals surface area contributed by atoms with Gasteiger partial charge in [0, 0.05) is 5.38 Å². The van der Waals surface area contributed by atoms with Crippen LogP contribution in [0.4, 0.5) is 0 Å². The van der Waals surface area contributed by atoms with Crippen LogP contribution in [0.15, 0.2) is 5.38 Å². The Hall–Kier alpha value is -0.920. The van der Waals surface area contributed by atoms with Crippen molar-refractivity contribution in [1.82, 2.24) is 4.98 Å². The number of aromatic nitrogens is 1. The van der Waals surface area contributed by atoms with E-state index in [1.807, 2.05) is 18.4 Å². The van der Waals surface area contributed by atoms with Crippen LogP contribution in [0.25, 0.3) is 0 Å². The number of rotatable bonds is 1. The highest BCUT2D eigenvalue weighted by Crippen LogP contribution is 2.12. The van der Waals surface area contributed by atoms with Crippen molar-refractivity contribution >= 4 is 11.3 Å². The fourth-order valence-corrected chi connectivity index (χ4v) is 1.24. The van der Waals surface area contributed by atoms with Gasteiger partial charge in [-0.15, -0.1) is 11.3 Å². The number of aryl methyl sites for hydroxylation is 1. The molecule has 1 aromatic rings. The minimum atomic E-state index is -0.565. The monoisotopic (exact) mass is 153 g/mol. The van der Waals surface area contributed by atoms with Crippen molar-refractivity contribution < 1.29 is 0 Å². The Labute approximate surface area is 63.1 Å². The smallest absolute Gasteiger partial charge is 0.136 e. The summed E-state index contributed by atoms with van der Waals surface area (Å²) in [6.07, 6.45) is 0. The van der Waals surface area contributed by atoms with Crippen LogP contribution in [0.5, 0.6) is 0 Å². The minimum Gasteiger partial charge on any atom is -0.311 e. The molecule has 0 saturated carbocycles. The Balaban J connectivity index is 2.87. The molecular formula is C6H7N3S. The molecule has 0 fully saturated rings. The summed E-state index contributed by atoms with van der Waals surface area (Å²) < 4.78 is 0. The summed E-state index contributed by atoms with van der Waals surface area (Å²) in [4.78, 5) is 4.05. The Kier molecular flexibility index (Phi) is 2.00. The summed E-state index contributed by atoms with van der Waals surface area (Å²) in [6, 6.07) is 1.35. The molecule has 52 valence electrons. The van der Waals surface area contributed by atoms with Crippen LogP contribution in [-0.2, 0) is 0 Å². The SMILES string of the molecule is Cc1nc(C(N)C#N)cs1. The normalized spacial score (nSPS) is 12.5. The predicted molar refractivity (Wildman–Crippen MR) is 39.4 cm³/mol. The van der Waals surface area contributed by atoms with Gasteiger partial charge < -0.3 is 5.73 Å². The van der Waals surface area contributed by atoms with Crippen LogP contribution < -0.4 is 5.73 Å². The van der Waals surface area contributed by atoms with Gasteiger partial charge >= 0.3 is 0 Å². The number of nitriles is 1. The zero-order chi connectivity index (χ0) is 7.56. The standard InChI is InChI=1S/C6H7N3S/c1-4-9-6(3-10-4)5(8)2-7/h3,5H,8H2,1H3. The van der Waals surface area contributed by atoms with Crippen molar-refractivity contribution in [3.8, 4) is 6.07 Å². The van der Waals surface area contributed by atoms with E-state index < -0.39 is 6.04 Å². The molecule has 0 spiro atoms. The molecule has 1 atom stereocenters. The van der Waals surface area contributed by atoms with E-state index in [1.54, 1.807) is 0 Å². The van der Waals surface area contributed by atoms with Crippen molar-refractivity contribution in [3.63, 3.8) is 0 Å². The summed E-state index contributed by atoms with van der Waals surface area (Å²) in [5.41, 5.74) is 6.06. The lowest BCUT2D eigenvalue weighted by Crippen LogP contribution is -2.07. The van der Waals surface area contributed by atoms with Crippen molar-refractivity contribution in [1.29, 1.82) is 5.26 Å². The van der Waals surface area contributed by atoms with Gasteiger partial charge in [0.2, 0.25) is 0 Å². The van der Waals surface area contributed by atoms with Crippen molar-refractivity contribution in [3.05, 3.63) is 16.1 Å². The highest BCUT2D eigenvalue weighted by molar-refractivity contribution is 7.09. The minimum absolute atomic E-state index is 0.565. The first-order valence-electron chi connectivity index (χ1n) is 2.81. The molecule has 1 heterocycles. The van der Waals surface area contributed by atoms with Crippen LogP contribution in [0.3, 0.4) is 0 Å². The number of hydrogen-bond donors (Lipinski definition) is 1. The summed E-state index contributed by atoms with van der Waals surface area (Å²) in [7, 11) is 0. The third-order valence-corrected chi connectivity index (χ3v) is 1.89. The van der Waals surface area contributed by atoms with E-state index in [0.717, 1.165) is 5.01 Å². The van der Waals surface area contributed by atoms with Gasteiger partial charge in [0.15, 0.2) is 0 Å². The lowest BCUT2D eigenvalue weighted by Gasteiger charge is -1.92. The average Bonchev–Trinajstić information content (AvgIpc) is 2.34. The molecule has 0 saturated heterocycles. The lowest BCUT2D eigenvalue weighted by molar-refractivity contribution is 0.882. The van der Waals surface area contributed by atoms with Gasteiger partial charge in [-0.05, 0) is 6.92 Å². The molecule has 3 nitrogen and oxygen atoms in total. The molecule has 0 amide bonds. The van der Waals surface area contributed by atoms with Crippen LogP contribution >= 0.6 is 11.3 Å². The van der Waals surface area contributed by atoms with Gasteiger partial charge in [0.25, 0.3) is 0 Å². The van der Waals surface area contributed by atoms with Crippen LogP contribution in [0, 0.1) is 18.3 Å². The fraction of sp³-hybridized carbons (Fsp3) is 0.333. The molecule has 0 aliphatic heterocycles. The van der Waals surface area contributed by atoms with E-state index >= 15 is 0 Å². The molecular weight excluding hydrogens is 146 g/mol. The molecule has 10 heavy (non-hydrogen) atoms. The van der Waals surface area contributed by atoms with Crippen LogP contribution in [0.1, 0.15) is 16.7 Å². The van der Waals surface area contributed by atoms with Gasteiger partial charge in [0.05, 0.1) is 16.8 Å². The van der Waals surface area contributed by atoms with Crippen molar-refractivity contribution in [2.45, 2.75) is 13.0 Å². The molecule has 1 unspecified atom stereocenters. The first-order valence-corrected chi connectivity index (χ1v) is 3.69. The number of hydrogen-bond acceptors (Lipinski definition) is 4. The number of nitrogens with two attached hydrogens (primary N) is 1. The first kappa shape index (κ1) is 7.19. The summed E-state index contributed by atoms with van der Waals surface area (Å²) >= 11 is 1.51. The van der Waals surface area contributed by atoms with E-state index in [-0.39, 0.29) is 0 Å². The molecule has 1 rings (SSSR count). The fourth-order valence-electron chi connectivity index (χ4n) is 0.589. The van der Waals surface area contributed by atoms with E-state index in [9.17, 15) is 0 Å². The molecule has 0 aliphatic carbocycles. The highest BCUT2D eigenvalue weighted by atomic mass is 32.1. The van der Waals surface area contributed by atoms with Gasteiger partial charge in [-0.1, -0.05) is 0 Å². The maximum Gasteiger partial charge on any atom is 0.136 e. The second kappa shape index (κ2) is 2.78. The zero-order valence-corrected chi connectivity index (χ0v) is 6.35. The van der Waals surface area contributed by atoms with Crippen LogP contribution in [-0.4, -0.2) is 4.98 Å². The maximum atomic E-state index is 8.39. The Morgan fingerprint density at radius 1 is 1.90 bits per heavy atom. The molecule has 0 radical (unpaired) electrons. The third kappa shape index (κ3) is 1.32. The number of nitrogens with zero attached hydrogens (tertiary/aromatic N) is 2. The lowest BCUT2D eigenvalue weighted by atomic mass is 10.3. The third-order valence-electron chi connectivity index (χ3n) is 1.09. The second-order valence-electron chi connectivity index (χ2n) is 1.90. The van der Waals surface area contributed by atoms with Crippen molar-refractivity contribution in [2.75, 3.05) is 0 Å². The topological polar surface area (TPSA) is 62.7 Å². The van der Waals surface area contributed by atoms with Gasteiger partial charge in [-0.2, -0.15) is 5.26 Å². The highest BCUT2D eigenvalue weighted by Gasteiger charge is 2.06. The van der Waals surface area contributed by atoms with Gasteiger partial charge in [-0.25, -0.2) is 4.98 Å². The van der Waals surface area contributed by atoms with E-state index in [0.29, 0.717) is 5.69 Å². The molecule has 4 heteroatoms. The Morgan fingerprint density at radius 3 is 3.00 bits per heavy atom. The van der Waals surface area contributed by atoms with E-state index in [1.165, 1.54) is 11.3 Å². The average molecular weight is 153 g/mol. The van der Waals surface area contributed by atoms with Crippen LogP contribution in [0.2, 0.25) is 0 Å². The zero-order valence-electron chi connectivity index (χ0n) is 5.53. The Bertz CT molecular complexity index is 260. The predicted octanol–water partition coefficient (Wildman–Crippen LogP) is 0.975. The molecule has 1 aromatic heterocycles. The maximum absolute atomic E-state index is 8.39. The molecule has 0 aliphatic rings. The van der Waals surface area contributed by atoms with Gasteiger partial charge in [-0.3, -0.25) is 0 Å². The summed E-state index contributed by atoms with van der Waals surface area (Å²) in [5, 5.41) is 11.1. The van der Waals surface area contributed by atoms with E-state index in [2.05, 4.69) is 4.98 Å². The van der Waals surface area contributed by atoms with Crippen molar-refractivity contribution in [2.24, 2.45) is 5.73 Å². The summed E-state index contributed by atoms with van der Waals surface area (Å²) in [6.45, 7) is 1.89.